The number of methoxy groups -OCH3 is 1. The molecule has 2 aromatic rings. The van der Waals surface area contributed by atoms with Gasteiger partial charge in [-0.25, -0.2) is 9.36 Å². The van der Waals surface area contributed by atoms with Gasteiger partial charge in [-0.05, 0) is 39.9 Å². The molecular formula is C29H46N2O8Si2. The smallest absolute Gasteiger partial charge is 0.335 e. The van der Waals surface area contributed by atoms with E-state index in [1.54, 1.807) is 7.11 Å². The molecule has 1 aromatic heterocycles. The number of rotatable bonds is 8. The van der Waals surface area contributed by atoms with Crippen LogP contribution in [0.25, 0.3) is 0 Å². The fraction of sp³-hybridized carbons (Fsp3) is 0.655. The van der Waals surface area contributed by atoms with Crippen LogP contribution in [0, 0.1) is 0 Å². The molecule has 0 unspecified atom stereocenters. The van der Waals surface area contributed by atoms with Crippen LogP contribution in [0.4, 0.5) is 0 Å². The second-order valence-electron chi connectivity index (χ2n) is 12.4. The Kier molecular flexibility index (Phi) is 9.54. The van der Waals surface area contributed by atoms with Gasteiger partial charge in [0.15, 0.2) is 6.23 Å². The van der Waals surface area contributed by atoms with Crippen LogP contribution in [0.2, 0.25) is 22.2 Å². The molecule has 1 aromatic carbocycles. The van der Waals surface area contributed by atoms with Crippen molar-refractivity contribution in [1.82, 2.24) is 9.13 Å². The zero-order chi connectivity index (χ0) is 30.3. The van der Waals surface area contributed by atoms with E-state index in [2.05, 4.69) is 55.4 Å². The monoisotopic (exact) mass is 606 g/mol. The fourth-order valence-electron chi connectivity index (χ4n) is 6.16. The van der Waals surface area contributed by atoms with Crippen molar-refractivity contribution >= 4 is 17.1 Å². The van der Waals surface area contributed by atoms with Crippen LogP contribution in [-0.2, 0) is 24.2 Å². The highest BCUT2D eigenvalue weighted by Gasteiger charge is 2.61. The van der Waals surface area contributed by atoms with Gasteiger partial charge in [0.1, 0.15) is 24.1 Å². The summed E-state index contributed by atoms with van der Waals surface area (Å²) in [6.45, 7) is 17.3. The number of nitrogens with zero attached hydrogens (tertiary/aromatic N) is 2. The normalized spacial score (nSPS) is 25.9. The molecule has 0 radical (unpaired) electrons. The van der Waals surface area contributed by atoms with Gasteiger partial charge in [0.2, 0.25) is 0 Å². The molecule has 0 amide bonds. The summed E-state index contributed by atoms with van der Waals surface area (Å²) in [7, 11) is -4.24. The largest absolute Gasteiger partial charge is 0.497 e. The molecule has 2 aliphatic heterocycles. The Balaban J connectivity index is 1.73. The zero-order valence-corrected chi connectivity index (χ0v) is 27.7. The Morgan fingerprint density at radius 1 is 0.927 bits per heavy atom. The van der Waals surface area contributed by atoms with Gasteiger partial charge in [0.05, 0.1) is 20.3 Å². The van der Waals surface area contributed by atoms with E-state index in [4.69, 9.17) is 22.4 Å². The molecule has 41 heavy (non-hydrogen) atoms. The summed E-state index contributed by atoms with van der Waals surface area (Å²) in [4.78, 5) is 26.7. The van der Waals surface area contributed by atoms with Crippen LogP contribution >= 0.6 is 0 Å². The summed E-state index contributed by atoms with van der Waals surface area (Å²) in [5, 5.41) is 11.6. The molecule has 2 saturated heterocycles. The molecule has 4 atom stereocenters. The Labute approximate surface area is 244 Å². The zero-order valence-electron chi connectivity index (χ0n) is 25.7. The highest BCUT2D eigenvalue weighted by atomic mass is 28.5. The van der Waals surface area contributed by atoms with E-state index in [1.807, 2.05) is 24.3 Å². The average molecular weight is 607 g/mol. The maximum absolute atomic E-state index is 13.6. The Morgan fingerprint density at radius 3 is 2.05 bits per heavy atom. The molecule has 4 rings (SSSR count). The van der Waals surface area contributed by atoms with Crippen molar-refractivity contribution in [3.63, 3.8) is 0 Å². The Morgan fingerprint density at radius 2 is 1.51 bits per heavy atom. The second-order valence-corrected chi connectivity index (χ2v) is 21.2. The van der Waals surface area contributed by atoms with E-state index >= 15 is 0 Å². The predicted molar refractivity (Wildman–Crippen MR) is 161 cm³/mol. The Bertz CT molecular complexity index is 1290. The van der Waals surface area contributed by atoms with E-state index in [0.29, 0.717) is 5.75 Å². The average Bonchev–Trinajstić information content (AvgIpc) is 3.19. The molecular weight excluding hydrogens is 560 g/mol. The van der Waals surface area contributed by atoms with Crippen molar-refractivity contribution in [2.75, 3.05) is 13.7 Å². The van der Waals surface area contributed by atoms with Crippen LogP contribution in [-0.4, -0.2) is 63.4 Å². The highest BCUT2D eigenvalue weighted by molar-refractivity contribution is 6.84. The van der Waals surface area contributed by atoms with Crippen molar-refractivity contribution in [3.8, 4) is 5.75 Å². The number of hydrogen-bond acceptors (Lipinski definition) is 8. The first-order valence-electron chi connectivity index (χ1n) is 14.6. The van der Waals surface area contributed by atoms with Gasteiger partial charge in [-0.3, -0.25) is 9.36 Å². The van der Waals surface area contributed by atoms with Crippen LogP contribution < -0.4 is 16.0 Å². The predicted octanol–water partition coefficient (Wildman–Crippen LogP) is 4.28. The van der Waals surface area contributed by atoms with E-state index in [1.165, 1.54) is 16.8 Å². The number of aliphatic hydroxyl groups is 1. The molecule has 0 spiro atoms. The minimum absolute atomic E-state index is 0.0571. The molecule has 228 valence electrons. The second kappa shape index (κ2) is 12.3. The van der Waals surface area contributed by atoms with Gasteiger partial charge < -0.3 is 27.5 Å². The van der Waals surface area contributed by atoms with Crippen molar-refractivity contribution in [1.29, 1.82) is 0 Å². The first-order chi connectivity index (χ1) is 19.3. The minimum atomic E-state index is -3.02. The van der Waals surface area contributed by atoms with Crippen molar-refractivity contribution in [2.24, 2.45) is 0 Å². The van der Waals surface area contributed by atoms with Gasteiger partial charge in [0.25, 0.3) is 5.56 Å². The lowest BCUT2D eigenvalue weighted by Gasteiger charge is -2.51. The minimum Gasteiger partial charge on any atom is -0.497 e. The van der Waals surface area contributed by atoms with E-state index < -0.39 is 52.9 Å². The van der Waals surface area contributed by atoms with Crippen molar-refractivity contribution in [2.45, 2.75) is 109 Å². The molecule has 10 nitrogen and oxygen atoms in total. The Hall–Kier alpha value is -2.07. The van der Waals surface area contributed by atoms with Crippen molar-refractivity contribution < 1.29 is 27.5 Å². The van der Waals surface area contributed by atoms with Crippen LogP contribution in [0.1, 0.15) is 67.2 Å². The molecule has 2 fully saturated rings. The molecule has 0 saturated carbocycles. The van der Waals surface area contributed by atoms with Crippen molar-refractivity contribution in [3.05, 3.63) is 62.9 Å². The fourth-order valence-corrected chi connectivity index (χ4v) is 17.4. The van der Waals surface area contributed by atoms with E-state index in [9.17, 15) is 14.7 Å². The number of aliphatic hydroxyl groups excluding tert-OH is 1. The maximum Gasteiger partial charge on any atom is 0.335 e. The molecule has 0 bridgehead atoms. The summed E-state index contributed by atoms with van der Waals surface area (Å²) in [5.41, 5.74) is 0.138. The lowest BCUT2D eigenvalue weighted by molar-refractivity contribution is -0.0616. The quantitative estimate of drug-likeness (QED) is 0.444. The SMILES string of the molecule is COc1ccc(Cn2ccc(=O)n([C@@H]3O[C@@H]4CO[Si](C(C)C)(C(C)C)O[Si](C(C)C)(C(C)C)O[C@H]4[C@H]3O)c2=O)cc1. The van der Waals surface area contributed by atoms with E-state index in [-0.39, 0.29) is 35.3 Å². The first-order valence-corrected chi connectivity index (χ1v) is 18.5. The topological polar surface area (TPSA) is 110 Å². The lowest BCUT2D eigenvalue weighted by atomic mass is 10.1. The lowest BCUT2D eigenvalue weighted by Crippen LogP contribution is -2.65. The summed E-state index contributed by atoms with van der Waals surface area (Å²) >= 11 is 0. The van der Waals surface area contributed by atoms with Gasteiger partial charge in [0, 0.05) is 12.3 Å². The number of ether oxygens (including phenoxy) is 2. The van der Waals surface area contributed by atoms with Gasteiger partial charge in [-0.15, -0.1) is 0 Å². The van der Waals surface area contributed by atoms with Crippen LogP contribution in [0.3, 0.4) is 0 Å². The van der Waals surface area contributed by atoms with E-state index in [0.717, 1.165) is 10.1 Å². The van der Waals surface area contributed by atoms with Gasteiger partial charge >= 0.3 is 22.8 Å². The summed E-state index contributed by atoms with van der Waals surface area (Å²) in [6, 6.07) is 8.66. The standard InChI is InChI=1S/C29H46N2O8Si2/c1-18(2)40(19(3)4)36-17-24-27(38-41(39-40,20(5)6)21(7)8)26(33)28(37-24)31-25(32)14-15-30(29(31)34)16-22-10-12-23(35-9)13-11-22/h10-15,18-21,24,26-28,33H,16-17H2,1-9H3/t24-,26-,27-,28-/m1/s1. The highest BCUT2D eigenvalue weighted by Crippen LogP contribution is 2.48. The number of hydrogen-bond donors (Lipinski definition) is 1. The third-order valence-corrected chi connectivity index (χ3v) is 18.7. The number of benzene rings is 1. The van der Waals surface area contributed by atoms with Crippen LogP contribution in [0.5, 0.6) is 5.75 Å². The number of aromatic nitrogens is 2. The molecule has 3 heterocycles. The van der Waals surface area contributed by atoms with Gasteiger partial charge in [-0.2, -0.15) is 0 Å². The third-order valence-electron chi connectivity index (χ3n) is 8.49. The van der Waals surface area contributed by atoms with Crippen LogP contribution in [0.15, 0.2) is 46.1 Å². The first kappa shape index (κ1) is 31.9. The van der Waals surface area contributed by atoms with Gasteiger partial charge in [-0.1, -0.05) is 67.5 Å². The molecule has 2 aliphatic rings. The summed E-state index contributed by atoms with van der Waals surface area (Å²) in [6.07, 6.45) is -2.52. The molecule has 12 heteroatoms. The molecule has 0 aliphatic carbocycles. The third kappa shape index (κ3) is 5.80. The summed E-state index contributed by atoms with van der Waals surface area (Å²) < 4.78 is 34.8. The number of fused-ring (bicyclic) bond motifs is 1. The molecule has 1 N–H and O–H groups in total. The summed E-state index contributed by atoms with van der Waals surface area (Å²) in [5.74, 6) is 0.707. The maximum atomic E-state index is 13.6.